The molecule has 0 radical (unpaired) electrons. The Hall–Kier alpha value is -4.61. The predicted molar refractivity (Wildman–Crippen MR) is 141 cm³/mol. The number of hydrogen-bond donors (Lipinski definition) is 1. The van der Waals surface area contributed by atoms with Crippen LogP contribution in [0.3, 0.4) is 0 Å². The van der Waals surface area contributed by atoms with Crippen LogP contribution in [0.2, 0.25) is 0 Å². The molecule has 0 aliphatic rings. The van der Waals surface area contributed by atoms with E-state index in [0.29, 0.717) is 34.0 Å². The van der Waals surface area contributed by atoms with Crippen molar-refractivity contribution in [3.63, 3.8) is 0 Å². The third kappa shape index (κ3) is 5.37. The average Bonchev–Trinajstić information content (AvgIpc) is 3.21. The van der Waals surface area contributed by atoms with Crippen LogP contribution in [-0.4, -0.2) is 24.2 Å². The molecule has 0 bridgehead atoms. The summed E-state index contributed by atoms with van der Waals surface area (Å²) in [7, 11) is 1.57. The highest BCUT2D eigenvalue weighted by Gasteiger charge is 2.17. The summed E-state index contributed by atoms with van der Waals surface area (Å²) < 4.78 is 12.7. The summed E-state index contributed by atoms with van der Waals surface area (Å²) in [6, 6.07) is 25.1. The van der Waals surface area contributed by atoms with Crippen LogP contribution in [0.5, 0.6) is 11.5 Å². The first kappa shape index (κ1) is 24.5. The van der Waals surface area contributed by atoms with Crippen LogP contribution in [0, 0.1) is 11.3 Å². The number of carbonyl (C=O) groups excluding carboxylic acids is 1. The van der Waals surface area contributed by atoms with Gasteiger partial charge in [-0.05, 0) is 67.1 Å². The molecule has 1 amide bonds. The molecule has 1 N–H and O–H groups in total. The number of nitrogens with zero attached hydrogens (tertiary/aromatic N) is 2. The maximum Gasteiger partial charge on any atom is 0.273 e. The predicted octanol–water partition coefficient (Wildman–Crippen LogP) is 3.45. The lowest BCUT2D eigenvalue weighted by atomic mass is 10.2. The van der Waals surface area contributed by atoms with E-state index in [4.69, 9.17) is 9.47 Å². The fourth-order valence-electron chi connectivity index (χ4n) is 3.53. The van der Waals surface area contributed by atoms with Crippen molar-refractivity contribution in [2.45, 2.75) is 6.92 Å². The van der Waals surface area contributed by atoms with Crippen molar-refractivity contribution in [3.8, 4) is 23.3 Å². The van der Waals surface area contributed by atoms with Crippen molar-refractivity contribution in [1.29, 1.82) is 5.26 Å². The summed E-state index contributed by atoms with van der Waals surface area (Å²) in [4.78, 5) is 26.7. The van der Waals surface area contributed by atoms with Gasteiger partial charge < -0.3 is 14.8 Å². The van der Waals surface area contributed by atoms with Gasteiger partial charge in [0.2, 0.25) is 0 Å². The molecule has 4 aromatic rings. The van der Waals surface area contributed by atoms with Crippen LogP contribution in [-0.2, 0) is 4.79 Å². The standard InChI is InChI=1S/C28H23N3O4S/c1-3-35-22-14-12-20(13-15-22)30-26(32)24(18-29)28-31(21-9-5-4-6-10-21)27(33)25(36-28)17-19-8-7-11-23(16-19)34-2/h4-17H,3H2,1-2H3,(H,30,32)/b25-17+,28-24+. The molecule has 4 rings (SSSR count). The average molecular weight is 498 g/mol. The Morgan fingerprint density at radius 2 is 1.81 bits per heavy atom. The van der Waals surface area contributed by atoms with Gasteiger partial charge in [-0.25, -0.2) is 0 Å². The molecular weight excluding hydrogens is 474 g/mol. The number of nitriles is 1. The summed E-state index contributed by atoms with van der Waals surface area (Å²) >= 11 is 1.08. The monoisotopic (exact) mass is 497 g/mol. The largest absolute Gasteiger partial charge is 0.497 e. The smallest absolute Gasteiger partial charge is 0.273 e. The van der Waals surface area contributed by atoms with Gasteiger partial charge in [0.15, 0.2) is 5.57 Å². The van der Waals surface area contributed by atoms with Crippen LogP contribution in [0.4, 0.5) is 5.69 Å². The molecule has 36 heavy (non-hydrogen) atoms. The first-order valence-corrected chi connectivity index (χ1v) is 12.0. The van der Waals surface area contributed by atoms with E-state index in [1.807, 2.05) is 37.3 Å². The zero-order valence-corrected chi connectivity index (χ0v) is 20.5. The molecule has 180 valence electrons. The van der Waals surface area contributed by atoms with E-state index < -0.39 is 5.91 Å². The van der Waals surface area contributed by atoms with Gasteiger partial charge in [-0.3, -0.25) is 14.2 Å². The summed E-state index contributed by atoms with van der Waals surface area (Å²) in [5.41, 5.74) is 1.33. The highest BCUT2D eigenvalue weighted by molar-refractivity contribution is 7.07. The second-order valence-electron chi connectivity index (χ2n) is 7.57. The van der Waals surface area contributed by atoms with Gasteiger partial charge in [0.1, 0.15) is 22.2 Å². The Bertz CT molecular complexity index is 1600. The number of methoxy groups -OCH3 is 1. The molecule has 0 aliphatic heterocycles. The van der Waals surface area contributed by atoms with Gasteiger partial charge >= 0.3 is 0 Å². The van der Waals surface area contributed by atoms with E-state index in [0.717, 1.165) is 16.9 Å². The normalized spacial score (nSPS) is 12.0. The molecule has 0 spiro atoms. The fraction of sp³-hybridized carbons (Fsp3) is 0.107. The van der Waals surface area contributed by atoms with Crippen molar-refractivity contribution >= 4 is 34.6 Å². The molecule has 0 saturated carbocycles. The van der Waals surface area contributed by atoms with Crippen LogP contribution in [0.25, 0.3) is 17.3 Å². The van der Waals surface area contributed by atoms with Crippen molar-refractivity contribution in [1.82, 2.24) is 4.57 Å². The lowest BCUT2D eigenvalue weighted by Gasteiger charge is -2.07. The molecule has 0 atom stereocenters. The van der Waals surface area contributed by atoms with Gasteiger partial charge in [-0.1, -0.05) is 30.3 Å². The van der Waals surface area contributed by atoms with Crippen molar-refractivity contribution in [2.75, 3.05) is 19.0 Å². The summed E-state index contributed by atoms with van der Waals surface area (Å²) in [6.07, 6.45) is 1.72. The molecule has 0 fully saturated rings. The molecule has 0 aliphatic carbocycles. The minimum atomic E-state index is -0.611. The van der Waals surface area contributed by atoms with Crippen LogP contribution in [0.15, 0.2) is 83.7 Å². The van der Waals surface area contributed by atoms with E-state index in [9.17, 15) is 14.9 Å². The van der Waals surface area contributed by atoms with Crippen LogP contribution >= 0.6 is 11.3 Å². The van der Waals surface area contributed by atoms with Crippen LogP contribution < -0.4 is 29.5 Å². The lowest BCUT2D eigenvalue weighted by Crippen LogP contribution is -2.32. The number of benzene rings is 3. The van der Waals surface area contributed by atoms with E-state index >= 15 is 0 Å². The van der Waals surface area contributed by atoms with Gasteiger partial charge in [-0.2, -0.15) is 5.26 Å². The summed E-state index contributed by atoms with van der Waals surface area (Å²) in [6.45, 7) is 2.42. The zero-order valence-electron chi connectivity index (χ0n) is 19.7. The van der Waals surface area contributed by atoms with Gasteiger partial charge in [0.25, 0.3) is 11.5 Å². The Kier molecular flexibility index (Phi) is 7.63. The molecule has 8 heteroatoms. The molecule has 0 unspecified atom stereocenters. The quantitative estimate of drug-likeness (QED) is 0.422. The lowest BCUT2D eigenvalue weighted by molar-refractivity contribution is -0.111. The number of hydrogen-bond acceptors (Lipinski definition) is 6. The van der Waals surface area contributed by atoms with Crippen molar-refractivity contribution in [2.24, 2.45) is 0 Å². The zero-order chi connectivity index (χ0) is 25.5. The Morgan fingerprint density at radius 3 is 2.47 bits per heavy atom. The topological polar surface area (TPSA) is 93.3 Å². The Balaban J connectivity index is 1.86. The number of ether oxygens (including phenoxy) is 2. The minimum Gasteiger partial charge on any atom is -0.497 e. The maximum atomic E-state index is 13.5. The second kappa shape index (κ2) is 11.2. The van der Waals surface area contributed by atoms with Gasteiger partial charge in [-0.15, -0.1) is 11.3 Å². The first-order chi connectivity index (χ1) is 17.5. The first-order valence-electron chi connectivity index (χ1n) is 11.2. The molecule has 1 aromatic heterocycles. The maximum absolute atomic E-state index is 13.5. The fourth-order valence-corrected chi connectivity index (χ4v) is 4.64. The SMILES string of the molecule is CCOc1ccc(NC(=O)/C(C#N)=c2/s/c(=C/c3cccc(OC)c3)c(=O)n2-c2ccccc2)cc1. The Labute approximate surface area is 211 Å². The van der Waals surface area contributed by atoms with Gasteiger partial charge in [0, 0.05) is 5.69 Å². The van der Waals surface area contributed by atoms with E-state index in [-0.39, 0.29) is 15.8 Å². The number of amides is 1. The molecule has 1 heterocycles. The minimum absolute atomic E-state index is 0.167. The van der Waals surface area contributed by atoms with Crippen LogP contribution in [0.1, 0.15) is 12.5 Å². The molecule has 3 aromatic carbocycles. The summed E-state index contributed by atoms with van der Waals surface area (Å²) in [5.74, 6) is 0.720. The Morgan fingerprint density at radius 1 is 1.06 bits per heavy atom. The van der Waals surface area contributed by atoms with E-state index in [1.165, 1.54) is 4.57 Å². The third-order valence-corrected chi connectivity index (χ3v) is 6.30. The molecular formula is C28H23N3O4S. The highest BCUT2D eigenvalue weighted by atomic mass is 32.1. The molecule has 7 nitrogen and oxygen atoms in total. The van der Waals surface area contributed by atoms with E-state index in [1.54, 1.807) is 67.8 Å². The number of nitrogens with one attached hydrogen (secondary N) is 1. The van der Waals surface area contributed by atoms with Crippen molar-refractivity contribution in [3.05, 3.63) is 104 Å². The second-order valence-corrected chi connectivity index (χ2v) is 8.60. The number of anilines is 1. The number of aromatic nitrogens is 1. The number of rotatable bonds is 7. The van der Waals surface area contributed by atoms with Gasteiger partial charge in [0.05, 0.1) is 23.9 Å². The third-order valence-electron chi connectivity index (χ3n) is 5.21. The summed E-state index contributed by atoms with van der Waals surface area (Å²) in [5, 5.41) is 12.7. The number of para-hydroxylation sites is 1. The van der Waals surface area contributed by atoms with Crippen molar-refractivity contribution < 1.29 is 14.3 Å². The van der Waals surface area contributed by atoms with E-state index in [2.05, 4.69) is 5.32 Å². The molecule has 0 saturated heterocycles. The number of thiazole rings is 1. The number of carbonyl (C=O) groups is 1. The highest BCUT2D eigenvalue weighted by Crippen LogP contribution is 2.16.